The Bertz CT molecular complexity index is 717. The Balaban J connectivity index is 1.75. The third kappa shape index (κ3) is 5.53. The molecular weight excluding hydrogens is 320 g/mol. The molecule has 0 saturated heterocycles. The van der Waals surface area contributed by atoms with Crippen molar-refractivity contribution in [1.29, 1.82) is 0 Å². The SMILES string of the molecule is COc1ccc(NC(=O)CCCNC(=O)c2ccccc2)cc1OC. The summed E-state index contributed by atoms with van der Waals surface area (Å²) in [6.45, 7) is 0.438. The van der Waals surface area contributed by atoms with Crippen molar-refractivity contribution < 1.29 is 19.1 Å². The van der Waals surface area contributed by atoms with Crippen molar-refractivity contribution in [1.82, 2.24) is 5.32 Å². The molecule has 2 aromatic carbocycles. The van der Waals surface area contributed by atoms with Crippen LogP contribution < -0.4 is 20.1 Å². The second kappa shape index (κ2) is 9.32. The maximum Gasteiger partial charge on any atom is 0.251 e. The normalized spacial score (nSPS) is 10.0. The van der Waals surface area contributed by atoms with E-state index in [-0.39, 0.29) is 11.8 Å². The molecule has 0 radical (unpaired) electrons. The largest absolute Gasteiger partial charge is 0.493 e. The summed E-state index contributed by atoms with van der Waals surface area (Å²) in [5.41, 5.74) is 1.24. The lowest BCUT2D eigenvalue weighted by atomic mass is 10.2. The molecule has 0 saturated carbocycles. The van der Waals surface area contributed by atoms with Crippen LogP contribution in [0.1, 0.15) is 23.2 Å². The van der Waals surface area contributed by atoms with E-state index in [0.29, 0.717) is 42.1 Å². The van der Waals surface area contributed by atoms with Crippen molar-refractivity contribution in [2.75, 3.05) is 26.1 Å². The van der Waals surface area contributed by atoms with Gasteiger partial charge < -0.3 is 20.1 Å². The van der Waals surface area contributed by atoms with Gasteiger partial charge in [-0.05, 0) is 30.7 Å². The van der Waals surface area contributed by atoms with Crippen molar-refractivity contribution in [2.45, 2.75) is 12.8 Å². The zero-order valence-electron chi connectivity index (χ0n) is 14.4. The van der Waals surface area contributed by atoms with Crippen LogP contribution in [0, 0.1) is 0 Å². The molecule has 2 amide bonds. The topological polar surface area (TPSA) is 76.7 Å². The van der Waals surface area contributed by atoms with Gasteiger partial charge in [-0.15, -0.1) is 0 Å². The summed E-state index contributed by atoms with van der Waals surface area (Å²) in [6, 6.07) is 14.2. The van der Waals surface area contributed by atoms with E-state index in [1.165, 1.54) is 0 Å². The summed E-state index contributed by atoms with van der Waals surface area (Å²) in [4.78, 5) is 23.9. The van der Waals surface area contributed by atoms with Gasteiger partial charge in [-0.1, -0.05) is 18.2 Å². The minimum atomic E-state index is -0.138. The van der Waals surface area contributed by atoms with Gasteiger partial charge in [0.15, 0.2) is 11.5 Å². The molecule has 2 rings (SSSR count). The van der Waals surface area contributed by atoms with Gasteiger partial charge in [0.25, 0.3) is 5.91 Å². The van der Waals surface area contributed by atoms with Crippen LogP contribution in [0.15, 0.2) is 48.5 Å². The summed E-state index contributed by atoms with van der Waals surface area (Å²) in [5.74, 6) is 0.890. The zero-order chi connectivity index (χ0) is 18.1. The maximum atomic E-state index is 12.0. The number of hydrogen-bond acceptors (Lipinski definition) is 4. The smallest absolute Gasteiger partial charge is 0.251 e. The zero-order valence-corrected chi connectivity index (χ0v) is 14.4. The molecular formula is C19H22N2O4. The van der Waals surface area contributed by atoms with Gasteiger partial charge in [0.05, 0.1) is 14.2 Å². The molecule has 0 heterocycles. The fraction of sp³-hybridized carbons (Fsp3) is 0.263. The van der Waals surface area contributed by atoms with Crippen LogP contribution >= 0.6 is 0 Å². The second-order valence-electron chi connectivity index (χ2n) is 5.34. The third-order valence-corrected chi connectivity index (χ3v) is 3.57. The second-order valence-corrected chi connectivity index (χ2v) is 5.34. The van der Waals surface area contributed by atoms with Crippen molar-refractivity contribution >= 4 is 17.5 Å². The van der Waals surface area contributed by atoms with Crippen LogP contribution in [0.3, 0.4) is 0 Å². The van der Waals surface area contributed by atoms with E-state index in [1.54, 1.807) is 44.6 Å². The predicted octanol–water partition coefficient (Wildman–Crippen LogP) is 2.85. The van der Waals surface area contributed by atoms with Crippen molar-refractivity contribution in [3.05, 3.63) is 54.1 Å². The predicted molar refractivity (Wildman–Crippen MR) is 96.2 cm³/mol. The molecule has 0 aliphatic rings. The molecule has 6 nitrogen and oxygen atoms in total. The van der Waals surface area contributed by atoms with Crippen molar-refractivity contribution in [2.24, 2.45) is 0 Å². The summed E-state index contributed by atoms with van der Waals surface area (Å²) < 4.78 is 10.4. The van der Waals surface area contributed by atoms with Crippen LogP contribution in [0.4, 0.5) is 5.69 Å². The van der Waals surface area contributed by atoms with Gasteiger partial charge in [-0.3, -0.25) is 9.59 Å². The quantitative estimate of drug-likeness (QED) is 0.723. The fourth-order valence-electron chi connectivity index (χ4n) is 2.28. The average Bonchev–Trinajstić information content (AvgIpc) is 2.65. The number of carbonyl (C=O) groups excluding carboxylic acids is 2. The highest BCUT2D eigenvalue weighted by Crippen LogP contribution is 2.29. The van der Waals surface area contributed by atoms with Crippen LogP contribution in [0.25, 0.3) is 0 Å². The third-order valence-electron chi connectivity index (χ3n) is 3.57. The number of nitrogens with one attached hydrogen (secondary N) is 2. The molecule has 25 heavy (non-hydrogen) atoms. The molecule has 0 aliphatic carbocycles. The molecule has 2 aromatic rings. The van der Waals surface area contributed by atoms with E-state index in [1.807, 2.05) is 18.2 Å². The molecule has 0 aromatic heterocycles. The summed E-state index contributed by atoms with van der Waals surface area (Å²) >= 11 is 0. The number of ether oxygens (including phenoxy) is 2. The molecule has 0 bridgehead atoms. The van der Waals surface area contributed by atoms with Gasteiger partial charge in [0.2, 0.25) is 5.91 Å². The monoisotopic (exact) mass is 342 g/mol. The Kier molecular flexibility index (Phi) is 6.83. The molecule has 2 N–H and O–H groups in total. The van der Waals surface area contributed by atoms with E-state index in [4.69, 9.17) is 9.47 Å². The first kappa shape index (κ1) is 18.3. The lowest BCUT2D eigenvalue weighted by Crippen LogP contribution is -2.25. The van der Waals surface area contributed by atoms with E-state index >= 15 is 0 Å². The van der Waals surface area contributed by atoms with Gasteiger partial charge in [-0.25, -0.2) is 0 Å². The Hall–Kier alpha value is -3.02. The fourth-order valence-corrected chi connectivity index (χ4v) is 2.28. The van der Waals surface area contributed by atoms with Gasteiger partial charge in [0.1, 0.15) is 0 Å². The van der Waals surface area contributed by atoms with Gasteiger partial charge in [0, 0.05) is 30.3 Å². The number of rotatable bonds is 8. The summed E-state index contributed by atoms with van der Waals surface area (Å²) in [6.07, 6.45) is 0.862. The average molecular weight is 342 g/mol. The number of hydrogen-bond donors (Lipinski definition) is 2. The molecule has 0 spiro atoms. The molecule has 0 unspecified atom stereocenters. The van der Waals surface area contributed by atoms with Crippen LogP contribution in [-0.4, -0.2) is 32.6 Å². The Morgan fingerprint density at radius 3 is 2.36 bits per heavy atom. The molecule has 132 valence electrons. The highest BCUT2D eigenvalue weighted by atomic mass is 16.5. The number of benzene rings is 2. The van der Waals surface area contributed by atoms with E-state index in [9.17, 15) is 9.59 Å². The number of amides is 2. The molecule has 0 atom stereocenters. The first-order valence-electron chi connectivity index (χ1n) is 7.99. The maximum absolute atomic E-state index is 12.0. The molecule has 6 heteroatoms. The van der Waals surface area contributed by atoms with Crippen LogP contribution in [0.5, 0.6) is 11.5 Å². The van der Waals surface area contributed by atoms with Crippen molar-refractivity contribution in [3.63, 3.8) is 0 Å². The number of anilines is 1. The summed E-state index contributed by atoms with van der Waals surface area (Å²) in [7, 11) is 3.10. The van der Waals surface area contributed by atoms with Crippen LogP contribution in [-0.2, 0) is 4.79 Å². The van der Waals surface area contributed by atoms with E-state index in [0.717, 1.165) is 0 Å². The highest BCUT2D eigenvalue weighted by molar-refractivity contribution is 5.94. The lowest BCUT2D eigenvalue weighted by molar-refractivity contribution is -0.116. The Morgan fingerprint density at radius 1 is 0.960 bits per heavy atom. The molecule has 0 aliphatic heterocycles. The Labute approximate surface area is 147 Å². The first-order valence-corrected chi connectivity index (χ1v) is 7.99. The Morgan fingerprint density at radius 2 is 1.68 bits per heavy atom. The lowest BCUT2D eigenvalue weighted by Gasteiger charge is -2.10. The minimum absolute atomic E-state index is 0.124. The minimum Gasteiger partial charge on any atom is -0.493 e. The van der Waals surface area contributed by atoms with E-state index in [2.05, 4.69) is 10.6 Å². The number of carbonyl (C=O) groups is 2. The number of methoxy groups -OCH3 is 2. The first-order chi connectivity index (χ1) is 12.1. The standard InChI is InChI=1S/C19H22N2O4/c1-24-16-11-10-15(13-17(16)25-2)21-18(22)9-6-12-20-19(23)14-7-4-3-5-8-14/h3-5,7-8,10-11,13H,6,9,12H2,1-2H3,(H,20,23)(H,21,22). The van der Waals surface area contributed by atoms with Crippen LogP contribution in [0.2, 0.25) is 0 Å². The van der Waals surface area contributed by atoms with Crippen molar-refractivity contribution in [3.8, 4) is 11.5 Å². The van der Waals surface area contributed by atoms with Gasteiger partial charge >= 0.3 is 0 Å². The van der Waals surface area contributed by atoms with E-state index < -0.39 is 0 Å². The van der Waals surface area contributed by atoms with Gasteiger partial charge in [-0.2, -0.15) is 0 Å². The highest BCUT2D eigenvalue weighted by Gasteiger charge is 2.08. The summed E-state index contributed by atoms with van der Waals surface area (Å²) in [5, 5.41) is 5.60. The molecule has 0 fully saturated rings.